The zero-order valence-electron chi connectivity index (χ0n) is 62.7. The van der Waals surface area contributed by atoms with E-state index in [0.29, 0.717) is 81.2 Å². The van der Waals surface area contributed by atoms with Crippen LogP contribution in [0.1, 0.15) is 111 Å². The number of dihydropyridines is 1. The molecule has 0 radical (unpaired) electrons. The van der Waals surface area contributed by atoms with Crippen LogP contribution in [-0.4, -0.2) is 95.8 Å². The number of nitrogens with zero attached hydrogens (tertiary/aromatic N) is 13. The van der Waals surface area contributed by atoms with Crippen molar-refractivity contribution in [2.24, 2.45) is 26.8 Å². The highest BCUT2D eigenvalue weighted by atomic mass is 16.4. The third-order valence-electron chi connectivity index (χ3n) is 30.9. The summed E-state index contributed by atoms with van der Waals surface area (Å²) in [6.07, 6.45) is 33.8. The number of aliphatic carboxylic acids is 2. The summed E-state index contributed by atoms with van der Waals surface area (Å²) in [5.74, 6) is -4.35. The molecule has 0 amide bonds. The van der Waals surface area contributed by atoms with E-state index in [4.69, 9.17) is 20.0 Å². The fraction of sp³-hybridized carbons (Fsp3) is 0.140. The van der Waals surface area contributed by atoms with Crippen LogP contribution in [0.5, 0.6) is 11.5 Å². The van der Waals surface area contributed by atoms with E-state index in [1.807, 2.05) is 41.7 Å². The molecule has 62 bridgehead atoms. The first-order valence-electron chi connectivity index (χ1n) is 40.9. The fourth-order valence-corrected chi connectivity index (χ4v) is 27.5. The van der Waals surface area contributed by atoms with E-state index in [1.54, 1.807) is 30.6 Å². The van der Waals surface area contributed by atoms with Gasteiger partial charge in [-0.05, 0) is 162 Å². The molecular formula is C100H50N13O7+. The number of aliphatic hydroxyl groups is 1. The average Bonchev–Trinajstić information content (AvgIpc) is 0.624. The van der Waals surface area contributed by atoms with Crippen molar-refractivity contribution in [3.8, 4) is 40.8 Å². The summed E-state index contributed by atoms with van der Waals surface area (Å²) in [4.78, 5) is 64.1. The van der Waals surface area contributed by atoms with Crippen molar-refractivity contribution in [1.82, 2.24) is 9.88 Å². The molecule has 8 unspecified atom stereocenters. The number of carbonyl (C=O) groups is 2. The number of aliphatic imine (C=N–C) groups is 3. The highest BCUT2D eigenvalue weighted by molar-refractivity contribution is 6.38. The lowest BCUT2D eigenvalue weighted by Gasteiger charge is -2.61. The van der Waals surface area contributed by atoms with E-state index in [0.717, 1.165) is 240 Å². The zero-order chi connectivity index (χ0) is 78.4. The number of pyridine rings is 2. The maximum Gasteiger partial charge on any atom is 0.338 e. The topological polar surface area (TPSA) is 279 Å². The summed E-state index contributed by atoms with van der Waals surface area (Å²) in [7, 11) is 0. The van der Waals surface area contributed by atoms with Crippen LogP contribution in [0.15, 0.2) is 232 Å². The number of carboxylic acids is 2. The molecule has 20 heteroatoms. The van der Waals surface area contributed by atoms with E-state index < -0.39 is 47.9 Å². The molecule has 0 saturated heterocycles. The van der Waals surface area contributed by atoms with Crippen LogP contribution in [0, 0.1) is 52.0 Å². The van der Waals surface area contributed by atoms with E-state index in [-0.39, 0.29) is 48.1 Å². The van der Waals surface area contributed by atoms with Crippen molar-refractivity contribution in [2.45, 2.75) is 62.2 Å². The third-order valence-corrected chi connectivity index (χ3v) is 30.9. The number of aromatic hydroxyl groups is 2. The third kappa shape index (κ3) is 6.08. The van der Waals surface area contributed by atoms with Crippen molar-refractivity contribution < 1.29 is 39.4 Å². The number of nitriles is 3. The largest absolute Gasteiger partial charge is 0.507 e. The first kappa shape index (κ1) is 60.9. The van der Waals surface area contributed by atoms with Crippen molar-refractivity contribution in [3.63, 3.8) is 0 Å². The highest BCUT2D eigenvalue weighted by Crippen LogP contribution is 2.77. The van der Waals surface area contributed by atoms with Gasteiger partial charge in [-0.1, -0.05) is 48.1 Å². The van der Waals surface area contributed by atoms with Gasteiger partial charge in [0.25, 0.3) is 0 Å². The Morgan fingerprint density at radius 2 is 1.57 bits per heavy atom. The molecule has 32 rings (SSSR count). The lowest BCUT2D eigenvalue weighted by molar-refractivity contribution is -0.526. The van der Waals surface area contributed by atoms with Crippen LogP contribution < -0.4 is 39.6 Å². The number of benzene rings is 5. The van der Waals surface area contributed by atoms with Gasteiger partial charge in [-0.2, -0.15) is 20.0 Å². The molecule has 0 fully saturated rings. The van der Waals surface area contributed by atoms with Gasteiger partial charge in [0.05, 0.1) is 117 Å². The quantitative estimate of drug-likeness (QED) is 0.0510. The molecule has 556 valence electrons. The Kier molecular flexibility index (Phi) is 9.69. The zero-order valence-corrected chi connectivity index (χ0v) is 62.7. The summed E-state index contributed by atoms with van der Waals surface area (Å²) in [5.41, 5.74) is 42.2. The monoisotopic (exact) mass is 1540 g/mol. The molecule has 8 atom stereocenters. The lowest BCUT2D eigenvalue weighted by Crippen LogP contribution is -2.63. The Morgan fingerprint density at radius 3 is 2.45 bits per heavy atom. The number of phenols is 2. The standard InChI is InChI=1S/C100H49N13O7/c101-13-2-4-16-110-34-59-39-12-20-108(17-5-14-102)56-30-54-78-84-83-76-45-27-44-65-43-25-37-24-40-42(97(117)50-32-104-91-86(74(50)64(40)43)82(65)75-51(98(91)118)33-109(18-6-15-103)55-28-47-69(70(44)79(55)75)71(45)85(84)90(106-54)77(47)100(119)120)21-35-22-48-72-63(37)99-107-89(76)80-58-29-46-66-52(105-53-31-57(81(72)95(67(46)53)113(58)99)111(92(48)60(114)23-35)19-3-1-7-61(115)116)11-9-36-8-10-38-41(62(36)66)26-49-73(80)88(83)96(87(78)68(39)56)112(59)94(49)93(38)110/h1-4,6,8-12,17-18,20-23,26,28-34,40,58,66,85,87,95,99H,5,7,16,19,24-25,27H2,(H4-,104,106,107,114,115,116,117,118,119,120)/p+1/b3-1+,4-2+,18-6+,42-21?,63-37-,108-17?. The SMILES string of the molecule is N#C/C=C/CN1C=C2c3cc[n+](=CCC#N)c4c3C3C5=C6C7=C8C9=NC%10/C%11=C%12\CC%13=C%14c%15c(cnc%16c(O)c%17c%18c(c%15%16)C%13=C%13CC8=C8c%15c(cc(c-%18c%15%13)N(/C=C/C#N)C=%17)C(C(=O)O)=C(N=C5C=4)C68)=C(O)C(=Cc4cc(O)c5c(c4)C%11=C4C(=CC6=C8C%11=CC(C9=C9C7=C3N2c2c9cc3c7c(ccc3c21)C=CC(=N6)C%117)N%10C84)N5C/C=C/CC(=O)O)C%14C%12. The molecule has 120 heavy (non-hydrogen) atoms. The first-order valence-corrected chi connectivity index (χ1v) is 40.9. The lowest BCUT2D eigenvalue weighted by atomic mass is 9.50. The minimum Gasteiger partial charge on any atom is -0.507 e. The Morgan fingerprint density at radius 1 is 0.683 bits per heavy atom. The van der Waals surface area contributed by atoms with Gasteiger partial charge in [-0.3, -0.25) is 29.7 Å². The number of aliphatic hydroxyl groups excluding tert-OH is 1. The van der Waals surface area contributed by atoms with Crippen LogP contribution in [0.2, 0.25) is 0 Å². The molecule has 20 nitrogen and oxygen atoms in total. The number of carboxylic acid groups (broad SMARTS) is 2. The Balaban J connectivity index is 0.842. The smallest absolute Gasteiger partial charge is 0.338 e. The second-order valence-electron chi connectivity index (χ2n) is 35.3. The van der Waals surface area contributed by atoms with Crippen LogP contribution in [-0.2, 0) is 9.59 Å². The van der Waals surface area contributed by atoms with Crippen LogP contribution in [0.4, 0.5) is 22.7 Å². The number of hydrogen-bond acceptors (Lipinski definition) is 17. The second kappa shape index (κ2) is 19.1. The van der Waals surface area contributed by atoms with Crippen molar-refractivity contribution in [2.75, 3.05) is 32.7 Å². The van der Waals surface area contributed by atoms with Gasteiger partial charge in [0.2, 0.25) is 5.35 Å². The van der Waals surface area contributed by atoms with Gasteiger partial charge in [0, 0.05) is 190 Å². The second-order valence-corrected chi connectivity index (χ2v) is 35.3. The van der Waals surface area contributed by atoms with E-state index in [2.05, 4.69) is 115 Å². The van der Waals surface area contributed by atoms with Gasteiger partial charge in [-0.15, -0.1) is 0 Å². The molecular weight excluding hydrogens is 1500 g/mol. The average molecular weight is 1550 g/mol. The van der Waals surface area contributed by atoms with Crippen molar-refractivity contribution in [1.29, 1.82) is 15.8 Å². The molecule has 2 aromatic heterocycles. The number of phenolic OH excluding ortho intramolecular Hbond substituents is 2. The number of aromatic nitrogens is 2. The van der Waals surface area contributed by atoms with E-state index in [1.165, 1.54) is 6.08 Å². The van der Waals surface area contributed by atoms with Crippen molar-refractivity contribution in [3.05, 3.63) is 305 Å². The fourth-order valence-electron chi connectivity index (χ4n) is 27.5. The maximum atomic E-state index is 15.8. The maximum absolute atomic E-state index is 15.8. The van der Waals surface area contributed by atoms with Gasteiger partial charge in [0.1, 0.15) is 29.6 Å². The van der Waals surface area contributed by atoms with E-state index in [9.17, 15) is 46.1 Å². The molecule has 0 saturated carbocycles. The summed E-state index contributed by atoms with van der Waals surface area (Å²) in [6.45, 7) is 0.535. The molecule has 5 N–H and O–H groups in total. The number of allylic oxidation sites excluding steroid dienone is 16. The summed E-state index contributed by atoms with van der Waals surface area (Å²) in [6, 6.07) is 21.1. The Labute approximate surface area is 677 Å². The molecule has 0 spiro atoms. The van der Waals surface area contributed by atoms with Gasteiger partial charge in [-0.25, -0.2) is 4.79 Å². The van der Waals surface area contributed by atoms with Crippen molar-refractivity contribution >= 4 is 148 Å². The summed E-state index contributed by atoms with van der Waals surface area (Å²) < 4.78 is 2.06. The van der Waals surface area contributed by atoms with E-state index >= 15 is 4.79 Å². The minimum atomic E-state index is -1.15. The van der Waals surface area contributed by atoms with Crippen LogP contribution >= 0.6 is 0 Å². The molecule has 7 aromatic rings. The minimum absolute atomic E-state index is 0.000166. The van der Waals surface area contributed by atoms with Gasteiger partial charge in [0.15, 0.2) is 18.2 Å². The molecule has 5 aromatic carbocycles. The highest BCUT2D eigenvalue weighted by Gasteiger charge is 2.66. The Bertz CT molecular complexity index is 8440. The summed E-state index contributed by atoms with van der Waals surface area (Å²) in [5, 5.41) is 100. The molecule has 25 aliphatic rings. The molecule has 20 heterocycles. The van der Waals surface area contributed by atoms with Crippen LogP contribution in [0.3, 0.4) is 0 Å². The number of rotatable bonds is 9. The predicted octanol–water partition coefficient (Wildman–Crippen LogP) is 12.9. The Hall–Kier alpha value is -15.6. The number of hydrogen-bond donors (Lipinski definition) is 5. The normalized spacial score (nSPS) is 27.0. The van der Waals surface area contributed by atoms with Gasteiger partial charge < -0.3 is 45.1 Å². The summed E-state index contributed by atoms with van der Waals surface area (Å²) >= 11 is 0. The first-order chi connectivity index (χ1) is 58.9. The van der Waals surface area contributed by atoms with Crippen LogP contribution in [0.25, 0.3) is 108 Å². The van der Waals surface area contributed by atoms with Gasteiger partial charge >= 0.3 is 11.9 Å². The number of anilines is 4. The molecule has 7 aliphatic carbocycles. The predicted molar refractivity (Wildman–Crippen MR) is 449 cm³/mol. The molecule has 18 aliphatic heterocycles.